The molecule has 0 radical (unpaired) electrons. The summed E-state index contributed by atoms with van der Waals surface area (Å²) in [7, 11) is 3.07. The summed E-state index contributed by atoms with van der Waals surface area (Å²) in [6.45, 7) is -5.38. The number of fused-ring (bicyclic) bond motifs is 4. The maximum atomic E-state index is 12.6. The van der Waals surface area contributed by atoms with E-state index in [2.05, 4.69) is 19.9 Å². The molecule has 0 fully saturated rings. The highest BCUT2D eigenvalue weighted by molar-refractivity contribution is 6.12. The van der Waals surface area contributed by atoms with Crippen LogP contribution in [0.15, 0.2) is 61.1 Å². The second-order valence-electron chi connectivity index (χ2n) is 7.57. The third-order valence-corrected chi connectivity index (χ3v) is 5.37. The van der Waals surface area contributed by atoms with Crippen molar-refractivity contribution in [2.24, 2.45) is 0 Å². The van der Waals surface area contributed by atoms with Gasteiger partial charge in [0.15, 0.2) is 14.5 Å². The molecule has 0 unspecified atom stereocenters. The first kappa shape index (κ1) is 13.3. The number of carbonyl (C=O) groups excluding carboxylic acids is 2. The number of rotatable bonds is 0. The van der Waals surface area contributed by atoms with E-state index < -0.39 is 43.3 Å². The first-order valence-electron chi connectivity index (χ1n) is 15.8. The van der Waals surface area contributed by atoms with Crippen LogP contribution in [0.3, 0.4) is 0 Å². The standard InChI is InChI=1S/2C13H12N4O/c2*1-8-5-7-15-12-10(8)16-13(18)9-4-3-6-14-11(9)17(12)2/h2*3-7H,1-2H3,(H,16,18)/i1D3,5D,7D;1D3,7D/hD2. The van der Waals surface area contributed by atoms with Gasteiger partial charge in [0, 0.05) is 47.1 Å². The summed E-state index contributed by atoms with van der Waals surface area (Å²) in [5.74, 6) is -1.09. The number of aromatic nitrogens is 4. The van der Waals surface area contributed by atoms with Gasteiger partial charge < -0.3 is 20.4 Å². The Morgan fingerprint density at radius 1 is 0.750 bits per heavy atom. The molecule has 2 aliphatic heterocycles. The van der Waals surface area contributed by atoms with Crippen molar-refractivity contribution >= 4 is 46.5 Å². The van der Waals surface area contributed by atoms with Gasteiger partial charge in [-0.05, 0) is 61.2 Å². The average Bonchev–Trinajstić information content (AvgIpc) is 3.14. The topological polar surface area (TPSA) is 116 Å². The Hall–Kier alpha value is -4.86. The molecule has 2 N–H and O–H groups in total. The monoisotopic (exact) mass is 491 g/mol. The quantitative estimate of drug-likeness (QED) is 0.375. The van der Waals surface area contributed by atoms with E-state index >= 15 is 0 Å². The number of anilines is 6. The van der Waals surface area contributed by atoms with E-state index in [0.717, 1.165) is 6.07 Å². The highest BCUT2D eigenvalue weighted by Crippen LogP contribution is 2.36. The highest BCUT2D eigenvalue weighted by Gasteiger charge is 2.26. The van der Waals surface area contributed by atoms with Gasteiger partial charge in [0.2, 0.25) is 0 Å². The van der Waals surface area contributed by atoms with Crippen LogP contribution in [-0.4, -0.2) is 45.8 Å². The normalized spacial score (nSPS) is 19.1. The molecule has 10 nitrogen and oxygen atoms in total. The number of nitrogens with zero attached hydrogens (tertiary/aromatic N) is 6. The summed E-state index contributed by atoms with van der Waals surface area (Å²) < 4.78 is 85.4. The van der Waals surface area contributed by atoms with E-state index in [1.54, 1.807) is 13.1 Å². The Morgan fingerprint density at radius 3 is 1.83 bits per heavy atom. The zero-order valence-corrected chi connectivity index (χ0v) is 18.9. The van der Waals surface area contributed by atoms with Crippen LogP contribution in [0.4, 0.5) is 34.6 Å². The van der Waals surface area contributed by atoms with Gasteiger partial charge in [-0.25, -0.2) is 19.9 Å². The van der Waals surface area contributed by atoms with Crippen molar-refractivity contribution in [3.05, 3.63) is 83.4 Å². The minimum atomic E-state index is -2.79. The molecule has 0 spiro atoms. The van der Waals surface area contributed by atoms with Gasteiger partial charge in [-0.3, -0.25) is 9.59 Å². The molecule has 2 aliphatic rings. The smallest absolute Gasteiger partial charge is 0.259 e. The second-order valence-corrected chi connectivity index (χ2v) is 7.57. The lowest BCUT2D eigenvalue weighted by atomic mass is 10.2. The van der Waals surface area contributed by atoms with Crippen molar-refractivity contribution in [3.63, 3.8) is 0 Å². The SMILES string of the molecule is [2H]c1cc(C([2H])([2H])[2H])c2c(n1)N(C)c1ncccc1C(=O)N2[2H].[2H]c1nc2c(c(C([2H])([2H])[2H])c1[2H])N([2H])C(=O)c1cccnc1N2C. The fourth-order valence-electron chi connectivity index (χ4n) is 3.63. The highest BCUT2D eigenvalue weighted by atomic mass is 16.2. The molecule has 0 atom stereocenters. The van der Waals surface area contributed by atoms with E-state index in [1.807, 2.05) is 0 Å². The fraction of sp³-hybridized carbons (Fsp3) is 0.154. The molecule has 0 saturated heterocycles. The zero-order chi connectivity index (χ0) is 34.7. The number of amides is 2. The fourth-order valence-corrected chi connectivity index (χ4v) is 3.63. The van der Waals surface area contributed by atoms with Crippen molar-refractivity contribution in [2.45, 2.75) is 13.7 Å². The lowest BCUT2D eigenvalue weighted by Crippen LogP contribution is -2.14. The summed E-state index contributed by atoms with van der Waals surface area (Å²) >= 11 is 0. The van der Waals surface area contributed by atoms with Crippen molar-refractivity contribution < 1.29 is 24.7 Å². The van der Waals surface area contributed by atoms with E-state index in [9.17, 15) is 9.59 Å². The molecule has 0 saturated carbocycles. The number of nitrogens with one attached hydrogen (secondary N) is 2. The lowest BCUT2D eigenvalue weighted by Gasteiger charge is -2.18. The molecule has 0 aromatic carbocycles. The zero-order valence-electron chi connectivity index (χ0n) is 29.9. The van der Waals surface area contributed by atoms with Gasteiger partial charge in [0.1, 0.15) is 11.6 Å². The Labute approximate surface area is 223 Å². The van der Waals surface area contributed by atoms with Crippen LogP contribution in [0.1, 0.15) is 44.2 Å². The number of hydrogen-bond acceptors (Lipinski definition) is 8. The van der Waals surface area contributed by atoms with Gasteiger partial charge >= 0.3 is 0 Å². The van der Waals surface area contributed by atoms with Crippen LogP contribution in [0.2, 0.25) is 2.82 Å². The third kappa shape index (κ3) is 3.88. The number of aryl methyl sites for hydroxylation is 1. The summed E-state index contributed by atoms with van der Waals surface area (Å²) in [6, 6.07) is 6.47. The largest absolute Gasteiger partial charge is 0.318 e. The molecule has 4 aromatic rings. The minimum Gasteiger partial charge on any atom is -0.318 e. The van der Waals surface area contributed by atoms with Crippen LogP contribution < -0.4 is 20.4 Å². The second kappa shape index (κ2) is 9.06. The molecule has 36 heavy (non-hydrogen) atoms. The summed E-state index contributed by atoms with van der Waals surface area (Å²) in [5, 5.41) is 0.916. The van der Waals surface area contributed by atoms with Crippen LogP contribution in [-0.2, 0) is 0 Å². The van der Waals surface area contributed by atoms with Crippen molar-refractivity contribution in [3.8, 4) is 0 Å². The van der Waals surface area contributed by atoms with E-state index in [0.29, 0.717) is 10.6 Å². The van der Waals surface area contributed by atoms with Crippen LogP contribution >= 0.6 is 0 Å². The summed E-state index contributed by atoms with van der Waals surface area (Å²) in [4.78, 5) is 44.0. The first-order chi connectivity index (χ1) is 21.9. The van der Waals surface area contributed by atoms with Gasteiger partial charge in [-0.15, -0.1) is 0 Å². The average molecular weight is 492 g/mol. The van der Waals surface area contributed by atoms with E-state index in [-0.39, 0.29) is 57.5 Å². The molecule has 6 heterocycles. The van der Waals surface area contributed by atoms with Gasteiger partial charge in [-0.1, -0.05) is 0 Å². The molecule has 6 rings (SSSR count). The van der Waals surface area contributed by atoms with Crippen molar-refractivity contribution in [1.82, 2.24) is 19.9 Å². The molecule has 2 amide bonds. The summed E-state index contributed by atoms with van der Waals surface area (Å²) in [5.41, 5.74) is -1.06. The maximum absolute atomic E-state index is 12.6. The predicted molar refractivity (Wildman–Crippen MR) is 138 cm³/mol. The van der Waals surface area contributed by atoms with Gasteiger partial charge in [0.25, 0.3) is 11.8 Å². The summed E-state index contributed by atoms with van der Waals surface area (Å²) in [6.07, 6.45) is 2.12. The van der Waals surface area contributed by atoms with Crippen LogP contribution in [0.5, 0.6) is 0 Å². The molecular formula is C26H24N8O2. The lowest BCUT2D eigenvalue weighted by molar-refractivity contribution is 0.101. The predicted octanol–water partition coefficient (Wildman–Crippen LogP) is 4.24. The van der Waals surface area contributed by atoms with Crippen LogP contribution in [0.25, 0.3) is 0 Å². The molecule has 180 valence electrons. The third-order valence-electron chi connectivity index (χ3n) is 5.37. The Balaban J connectivity index is 0.000000185. The van der Waals surface area contributed by atoms with Gasteiger partial charge in [-0.2, -0.15) is 0 Å². The molecular weight excluding hydrogens is 456 g/mol. The molecule has 10 heteroatoms. The Bertz CT molecular complexity index is 1940. The van der Waals surface area contributed by atoms with Crippen molar-refractivity contribution in [2.75, 3.05) is 34.5 Å². The maximum Gasteiger partial charge on any atom is 0.259 e. The van der Waals surface area contributed by atoms with Gasteiger partial charge in [0.05, 0.1) is 26.6 Å². The minimum absolute atomic E-state index is 0.0319. The number of hydrogen-bond donors (Lipinski definition) is 2. The molecule has 4 aromatic heterocycles. The molecule has 0 bridgehead atoms. The number of pyridine rings is 4. The Morgan fingerprint density at radius 2 is 1.28 bits per heavy atom. The Kier molecular flexibility index (Phi) is 3.35. The first-order valence-corrected chi connectivity index (χ1v) is 10.4. The molecule has 0 aliphatic carbocycles. The van der Waals surface area contributed by atoms with E-state index in [4.69, 9.17) is 15.2 Å². The van der Waals surface area contributed by atoms with E-state index in [1.165, 1.54) is 47.4 Å². The van der Waals surface area contributed by atoms with Crippen LogP contribution in [0, 0.1) is 13.7 Å². The number of carbonyl (C=O) groups is 2. The van der Waals surface area contributed by atoms with Crippen molar-refractivity contribution in [1.29, 1.82) is 0 Å².